The lowest BCUT2D eigenvalue weighted by molar-refractivity contribution is 0.810. The van der Waals surface area contributed by atoms with Crippen molar-refractivity contribution in [1.29, 1.82) is 0 Å². The molecule has 0 radical (unpaired) electrons. The van der Waals surface area contributed by atoms with Crippen molar-refractivity contribution in [2.45, 2.75) is 20.3 Å². The van der Waals surface area contributed by atoms with Gasteiger partial charge in [-0.1, -0.05) is 48.5 Å². The molecule has 0 fully saturated rings. The van der Waals surface area contributed by atoms with Gasteiger partial charge < -0.3 is 5.73 Å². The molecule has 0 saturated heterocycles. The lowest BCUT2D eigenvalue weighted by Gasteiger charge is -2.04. The summed E-state index contributed by atoms with van der Waals surface area (Å²) in [5.74, 6) is 0.500. The number of benzene rings is 2. The molecule has 0 spiro atoms. The van der Waals surface area contributed by atoms with E-state index in [4.69, 9.17) is 10.7 Å². The van der Waals surface area contributed by atoms with Crippen molar-refractivity contribution in [2.75, 3.05) is 5.73 Å². The molecule has 0 saturated carbocycles. The van der Waals surface area contributed by atoms with Crippen molar-refractivity contribution in [3.05, 3.63) is 65.0 Å². The van der Waals surface area contributed by atoms with Crippen molar-refractivity contribution >= 4 is 17.2 Å². The molecule has 6 heteroatoms. The summed E-state index contributed by atoms with van der Waals surface area (Å²) in [6.07, 6.45) is 0.999. The highest BCUT2D eigenvalue weighted by Crippen LogP contribution is 2.32. The molecule has 4 rings (SSSR count). The second-order valence-electron chi connectivity index (χ2n) is 6.11. The smallest absolute Gasteiger partial charge is 0.165 e. The molecule has 2 heterocycles. The minimum Gasteiger partial charge on any atom is -0.382 e. The summed E-state index contributed by atoms with van der Waals surface area (Å²) in [7, 11) is 0. The van der Waals surface area contributed by atoms with Gasteiger partial charge in [0.15, 0.2) is 11.5 Å². The Morgan fingerprint density at radius 3 is 2.58 bits per heavy atom. The number of hydrogen-bond acceptors (Lipinski definition) is 5. The summed E-state index contributed by atoms with van der Waals surface area (Å²) in [6.45, 7) is 4.21. The Bertz CT molecular complexity index is 1050. The zero-order valence-electron chi connectivity index (χ0n) is 14.7. The van der Waals surface area contributed by atoms with E-state index in [9.17, 15) is 0 Å². The van der Waals surface area contributed by atoms with Gasteiger partial charge in [0.2, 0.25) is 0 Å². The van der Waals surface area contributed by atoms with Gasteiger partial charge in [0.1, 0.15) is 5.01 Å². The SMILES string of the molecule is CCc1ccc(-n2nnc(-c3nc(-c4ccccc4C)cs3)c2N)cc1. The van der Waals surface area contributed by atoms with E-state index in [0.717, 1.165) is 28.4 Å². The molecule has 4 aromatic rings. The largest absolute Gasteiger partial charge is 0.382 e. The van der Waals surface area contributed by atoms with E-state index in [2.05, 4.69) is 48.4 Å². The Labute approximate surface area is 156 Å². The molecule has 0 bridgehead atoms. The van der Waals surface area contributed by atoms with Gasteiger partial charge in [-0.05, 0) is 36.6 Å². The van der Waals surface area contributed by atoms with Crippen LogP contribution in [0, 0.1) is 6.92 Å². The van der Waals surface area contributed by atoms with E-state index in [1.807, 2.05) is 29.6 Å². The summed E-state index contributed by atoms with van der Waals surface area (Å²) in [5.41, 5.74) is 12.4. The minimum absolute atomic E-state index is 0.500. The topological polar surface area (TPSA) is 69.6 Å². The van der Waals surface area contributed by atoms with Crippen LogP contribution in [0.5, 0.6) is 0 Å². The lowest BCUT2D eigenvalue weighted by atomic mass is 10.1. The first-order valence-corrected chi connectivity index (χ1v) is 9.37. The number of thiazole rings is 1. The maximum Gasteiger partial charge on any atom is 0.165 e. The fourth-order valence-electron chi connectivity index (χ4n) is 2.87. The monoisotopic (exact) mass is 361 g/mol. The minimum atomic E-state index is 0.500. The fourth-order valence-corrected chi connectivity index (χ4v) is 3.68. The van der Waals surface area contributed by atoms with Gasteiger partial charge in [-0.25, -0.2) is 4.98 Å². The third-order valence-electron chi connectivity index (χ3n) is 4.42. The third kappa shape index (κ3) is 2.88. The molecule has 5 nitrogen and oxygen atoms in total. The van der Waals surface area contributed by atoms with Gasteiger partial charge in [-0.2, -0.15) is 4.68 Å². The molecule has 2 N–H and O–H groups in total. The average Bonchev–Trinajstić information content (AvgIpc) is 3.29. The normalized spacial score (nSPS) is 11.0. The average molecular weight is 361 g/mol. The molecule has 130 valence electrons. The summed E-state index contributed by atoms with van der Waals surface area (Å²) >= 11 is 1.53. The number of anilines is 1. The molecule has 0 amide bonds. The van der Waals surface area contributed by atoms with Crippen LogP contribution in [0.2, 0.25) is 0 Å². The summed E-state index contributed by atoms with van der Waals surface area (Å²) in [5, 5.41) is 11.3. The first-order valence-electron chi connectivity index (χ1n) is 8.49. The van der Waals surface area contributed by atoms with Crippen LogP contribution in [0.15, 0.2) is 53.9 Å². The van der Waals surface area contributed by atoms with Crippen molar-refractivity contribution in [2.24, 2.45) is 0 Å². The molecule has 0 unspecified atom stereocenters. The Balaban J connectivity index is 1.69. The Morgan fingerprint density at radius 1 is 1.08 bits per heavy atom. The number of nitrogen functional groups attached to an aromatic ring is 1. The predicted octanol–water partition coefficient (Wildman–Crippen LogP) is 4.51. The van der Waals surface area contributed by atoms with Gasteiger partial charge in [-0.15, -0.1) is 16.4 Å². The number of hydrogen-bond donors (Lipinski definition) is 1. The van der Waals surface area contributed by atoms with Crippen molar-refractivity contribution in [3.63, 3.8) is 0 Å². The molecule has 0 atom stereocenters. The molecule has 0 aliphatic carbocycles. The standard InChI is InChI=1S/C20H19N5S/c1-3-14-8-10-15(11-9-14)25-19(21)18(23-24-25)20-22-17(12-26-20)16-7-5-4-6-13(16)2/h4-12H,3,21H2,1-2H3. The highest BCUT2D eigenvalue weighted by molar-refractivity contribution is 7.13. The highest BCUT2D eigenvalue weighted by atomic mass is 32.1. The van der Waals surface area contributed by atoms with Crippen LogP contribution in [-0.4, -0.2) is 20.0 Å². The van der Waals surface area contributed by atoms with Crippen LogP contribution in [0.25, 0.3) is 27.6 Å². The molecular formula is C20H19N5S. The maximum atomic E-state index is 6.32. The van der Waals surface area contributed by atoms with Gasteiger partial charge in [-0.3, -0.25) is 0 Å². The Kier molecular flexibility index (Phi) is 4.26. The highest BCUT2D eigenvalue weighted by Gasteiger charge is 2.17. The molecule has 2 aromatic carbocycles. The van der Waals surface area contributed by atoms with Crippen LogP contribution in [0.4, 0.5) is 5.82 Å². The number of aryl methyl sites for hydroxylation is 2. The quantitative estimate of drug-likeness (QED) is 0.580. The van der Waals surface area contributed by atoms with Crippen molar-refractivity contribution < 1.29 is 0 Å². The van der Waals surface area contributed by atoms with Crippen molar-refractivity contribution in [1.82, 2.24) is 20.0 Å². The van der Waals surface area contributed by atoms with Gasteiger partial charge in [0.25, 0.3) is 0 Å². The van der Waals surface area contributed by atoms with E-state index in [1.54, 1.807) is 4.68 Å². The van der Waals surface area contributed by atoms with E-state index < -0.39 is 0 Å². The summed E-state index contributed by atoms with van der Waals surface area (Å²) < 4.78 is 1.66. The first kappa shape index (κ1) is 16.5. The fraction of sp³-hybridized carbons (Fsp3) is 0.150. The molecule has 0 aliphatic rings. The molecule has 2 aromatic heterocycles. The number of rotatable bonds is 4. The predicted molar refractivity (Wildman–Crippen MR) is 106 cm³/mol. The van der Waals surface area contributed by atoms with Crippen LogP contribution in [0.3, 0.4) is 0 Å². The van der Waals surface area contributed by atoms with Gasteiger partial charge in [0, 0.05) is 10.9 Å². The Morgan fingerprint density at radius 2 is 1.85 bits per heavy atom. The van der Waals surface area contributed by atoms with Gasteiger partial charge >= 0.3 is 0 Å². The molecular weight excluding hydrogens is 342 g/mol. The van der Waals surface area contributed by atoms with Crippen LogP contribution < -0.4 is 5.73 Å². The van der Waals surface area contributed by atoms with Gasteiger partial charge in [0.05, 0.1) is 11.4 Å². The van der Waals surface area contributed by atoms with Crippen LogP contribution >= 0.6 is 11.3 Å². The zero-order chi connectivity index (χ0) is 18.1. The lowest BCUT2D eigenvalue weighted by Crippen LogP contribution is -2.02. The third-order valence-corrected chi connectivity index (χ3v) is 5.27. The Hall–Kier alpha value is -2.99. The zero-order valence-corrected chi connectivity index (χ0v) is 15.5. The maximum absolute atomic E-state index is 6.32. The first-order chi connectivity index (χ1) is 12.7. The second-order valence-corrected chi connectivity index (χ2v) is 6.97. The number of nitrogens with zero attached hydrogens (tertiary/aromatic N) is 4. The number of nitrogens with two attached hydrogens (primary N) is 1. The van der Waals surface area contributed by atoms with E-state index in [-0.39, 0.29) is 0 Å². The summed E-state index contributed by atoms with van der Waals surface area (Å²) in [4.78, 5) is 4.73. The van der Waals surface area contributed by atoms with Crippen LogP contribution in [0.1, 0.15) is 18.1 Å². The molecule has 26 heavy (non-hydrogen) atoms. The number of aromatic nitrogens is 4. The summed E-state index contributed by atoms with van der Waals surface area (Å²) in [6, 6.07) is 16.4. The second kappa shape index (κ2) is 6.72. The molecule has 0 aliphatic heterocycles. The van der Waals surface area contributed by atoms with Crippen molar-refractivity contribution in [3.8, 4) is 27.6 Å². The van der Waals surface area contributed by atoms with E-state index in [1.165, 1.54) is 22.5 Å². The van der Waals surface area contributed by atoms with E-state index >= 15 is 0 Å². The van der Waals surface area contributed by atoms with E-state index in [0.29, 0.717) is 11.5 Å². The van der Waals surface area contributed by atoms with Crippen LogP contribution in [-0.2, 0) is 6.42 Å².